The zero-order chi connectivity index (χ0) is 33.2. The van der Waals surface area contributed by atoms with Crippen molar-refractivity contribution in [2.75, 3.05) is 13.1 Å². The van der Waals surface area contributed by atoms with Crippen LogP contribution in [0.25, 0.3) is 11.1 Å². The maximum absolute atomic E-state index is 12.4. The summed E-state index contributed by atoms with van der Waals surface area (Å²) >= 11 is 0. The molecule has 0 fully saturated rings. The molecule has 2 amide bonds. The molecule has 0 bridgehead atoms. The normalized spacial score (nSPS) is 10.9. The van der Waals surface area contributed by atoms with Gasteiger partial charge in [0.15, 0.2) is 0 Å². The van der Waals surface area contributed by atoms with Gasteiger partial charge in [0.05, 0.1) is 0 Å². The minimum Gasteiger partial charge on any atom is -0.424 e. The highest BCUT2D eigenvalue weighted by atomic mass is 16.5. The lowest BCUT2D eigenvalue weighted by atomic mass is 10.1. The van der Waals surface area contributed by atoms with Crippen LogP contribution in [0.2, 0.25) is 0 Å². The van der Waals surface area contributed by atoms with E-state index in [1.807, 2.05) is 82.3 Å². The fourth-order valence-corrected chi connectivity index (χ4v) is 4.27. The largest absolute Gasteiger partial charge is 0.424 e. The Morgan fingerprint density at radius 2 is 0.851 bits per heavy atom. The SMILES string of the molecule is CC(C)CNC(=O)c1ccc(Oc2nc(Oc3ccc(C(=O)NCC(C)C)cc3)nc(Oc3ccc(-c4ccccc4)cc3)n2)cc1. The van der Waals surface area contributed by atoms with Crippen molar-refractivity contribution in [3.05, 3.63) is 114 Å². The second kappa shape index (κ2) is 15.5. The molecular weight excluding hydrogens is 594 g/mol. The van der Waals surface area contributed by atoms with E-state index in [0.717, 1.165) is 11.1 Å². The van der Waals surface area contributed by atoms with Crippen LogP contribution in [0.4, 0.5) is 0 Å². The molecule has 0 aliphatic carbocycles. The molecule has 47 heavy (non-hydrogen) atoms. The van der Waals surface area contributed by atoms with Crippen molar-refractivity contribution in [2.24, 2.45) is 11.8 Å². The number of ether oxygens (including phenoxy) is 3. The minimum absolute atomic E-state index is 0.0492. The van der Waals surface area contributed by atoms with E-state index in [2.05, 4.69) is 25.6 Å². The molecule has 5 rings (SSSR count). The van der Waals surface area contributed by atoms with Gasteiger partial charge in [-0.25, -0.2) is 0 Å². The van der Waals surface area contributed by atoms with Crippen LogP contribution in [0.15, 0.2) is 103 Å². The third-order valence-electron chi connectivity index (χ3n) is 6.74. The number of rotatable bonds is 13. The molecule has 0 aliphatic heterocycles. The predicted octanol–water partition coefficient (Wildman–Crippen LogP) is 7.69. The summed E-state index contributed by atoms with van der Waals surface area (Å²) in [6, 6.07) is 30.6. The molecule has 10 heteroatoms. The van der Waals surface area contributed by atoms with Crippen LogP contribution < -0.4 is 24.8 Å². The number of nitrogens with zero attached hydrogens (tertiary/aromatic N) is 3. The topological polar surface area (TPSA) is 125 Å². The van der Waals surface area contributed by atoms with E-state index in [-0.39, 0.29) is 29.8 Å². The average molecular weight is 632 g/mol. The van der Waals surface area contributed by atoms with Crippen molar-refractivity contribution in [1.82, 2.24) is 25.6 Å². The Balaban J connectivity index is 1.35. The van der Waals surface area contributed by atoms with Gasteiger partial charge in [-0.1, -0.05) is 70.2 Å². The summed E-state index contributed by atoms with van der Waals surface area (Å²) in [6.07, 6.45) is 0. The third kappa shape index (κ3) is 9.61. The molecule has 0 atom stereocenters. The lowest BCUT2D eigenvalue weighted by Crippen LogP contribution is -2.27. The van der Waals surface area contributed by atoms with Gasteiger partial charge in [0.1, 0.15) is 17.2 Å². The summed E-state index contributed by atoms with van der Waals surface area (Å²) in [5.74, 6) is 1.65. The first-order chi connectivity index (χ1) is 22.7. The molecule has 1 heterocycles. The molecule has 0 saturated heterocycles. The molecule has 10 nitrogen and oxygen atoms in total. The molecule has 4 aromatic carbocycles. The van der Waals surface area contributed by atoms with Crippen LogP contribution >= 0.6 is 0 Å². The molecular formula is C37H37N5O5. The van der Waals surface area contributed by atoms with Gasteiger partial charge < -0.3 is 24.8 Å². The van der Waals surface area contributed by atoms with Crippen molar-refractivity contribution in [2.45, 2.75) is 27.7 Å². The Labute approximate surface area is 274 Å². The van der Waals surface area contributed by atoms with Gasteiger partial charge >= 0.3 is 18.0 Å². The van der Waals surface area contributed by atoms with Gasteiger partial charge in [0.25, 0.3) is 11.8 Å². The first-order valence-electron chi connectivity index (χ1n) is 15.4. The summed E-state index contributed by atoms with van der Waals surface area (Å²) in [4.78, 5) is 37.9. The van der Waals surface area contributed by atoms with Gasteiger partial charge in [0.2, 0.25) is 0 Å². The Morgan fingerprint density at radius 3 is 1.21 bits per heavy atom. The van der Waals surface area contributed by atoms with E-state index in [1.54, 1.807) is 48.5 Å². The number of carbonyl (C=O) groups is 2. The van der Waals surface area contributed by atoms with Crippen molar-refractivity contribution in [3.8, 4) is 46.4 Å². The number of benzene rings is 4. The maximum Gasteiger partial charge on any atom is 0.331 e. The van der Waals surface area contributed by atoms with Crippen LogP contribution in [0.5, 0.6) is 35.3 Å². The number of amides is 2. The molecule has 5 aromatic rings. The molecule has 0 unspecified atom stereocenters. The number of hydrogen-bond acceptors (Lipinski definition) is 8. The zero-order valence-electron chi connectivity index (χ0n) is 26.8. The van der Waals surface area contributed by atoms with Crippen LogP contribution in [-0.2, 0) is 0 Å². The van der Waals surface area contributed by atoms with E-state index in [1.165, 1.54) is 0 Å². The number of nitrogens with one attached hydrogen (secondary N) is 2. The summed E-state index contributed by atoms with van der Waals surface area (Å²) in [6.45, 7) is 9.29. The fraction of sp³-hybridized carbons (Fsp3) is 0.216. The van der Waals surface area contributed by atoms with Crippen LogP contribution in [-0.4, -0.2) is 39.9 Å². The van der Waals surface area contributed by atoms with Crippen molar-refractivity contribution in [1.29, 1.82) is 0 Å². The lowest BCUT2D eigenvalue weighted by molar-refractivity contribution is 0.0941. The predicted molar refractivity (Wildman–Crippen MR) is 179 cm³/mol. The maximum atomic E-state index is 12.4. The summed E-state index contributed by atoms with van der Waals surface area (Å²) in [5, 5.41) is 5.79. The molecule has 0 aliphatic rings. The van der Waals surface area contributed by atoms with Gasteiger partial charge in [-0.05, 0) is 83.6 Å². The van der Waals surface area contributed by atoms with Crippen LogP contribution in [0.1, 0.15) is 48.4 Å². The third-order valence-corrected chi connectivity index (χ3v) is 6.74. The van der Waals surface area contributed by atoms with Gasteiger partial charge in [-0.2, -0.15) is 0 Å². The van der Waals surface area contributed by atoms with Crippen molar-refractivity contribution >= 4 is 11.8 Å². The molecule has 240 valence electrons. The number of carbonyl (C=O) groups excluding carboxylic acids is 2. The van der Waals surface area contributed by atoms with E-state index in [0.29, 0.717) is 53.3 Å². The Morgan fingerprint density at radius 1 is 0.511 bits per heavy atom. The van der Waals surface area contributed by atoms with Gasteiger partial charge in [0, 0.05) is 24.2 Å². The summed E-state index contributed by atoms with van der Waals surface area (Å²) in [5.41, 5.74) is 3.12. The molecule has 1 aromatic heterocycles. The highest BCUT2D eigenvalue weighted by Gasteiger charge is 2.15. The van der Waals surface area contributed by atoms with Crippen LogP contribution in [0.3, 0.4) is 0 Å². The molecule has 0 spiro atoms. The summed E-state index contributed by atoms with van der Waals surface area (Å²) in [7, 11) is 0. The standard InChI is InChI=1S/C37H37N5O5/c1-24(2)22-38-33(43)28-12-18-31(19-13-28)46-36-40-35(45-30-16-10-27(11-17-30)26-8-6-5-7-9-26)41-37(42-36)47-32-20-14-29(15-21-32)34(44)39-23-25(3)4/h5-21,24-25H,22-23H2,1-4H3,(H,38,43)(H,39,44). The van der Waals surface area contributed by atoms with E-state index in [9.17, 15) is 9.59 Å². The summed E-state index contributed by atoms with van der Waals surface area (Å²) < 4.78 is 17.9. The zero-order valence-corrected chi connectivity index (χ0v) is 26.8. The van der Waals surface area contributed by atoms with Crippen molar-refractivity contribution < 1.29 is 23.8 Å². The van der Waals surface area contributed by atoms with Gasteiger partial charge in [-0.15, -0.1) is 15.0 Å². The van der Waals surface area contributed by atoms with E-state index in [4.69, 9.17) is 14.2 Å². The quantitative estimate of drug-likeness (QED) is 0.136. The Bertz CT molecular complexity index is 1690. The van der Waals surface area contributed by atoms with Crippen molar-refractivity contribution in [3.63, 3.8) is 0 Å². The monoisotopic (exact) mass is 631 g/mol. The highest BCUT2D eigenvalue weighted by molar-refractivity contribution is 5.94. The number of hydrogen-bond donors (Lipinski definition) is 2. The van der Waals surface area contributed by atoms with E-state index < -0.39 is 0 Å². The Kier molecular flexibility index (Phi) is 10.7. The second-order valence-corrected chi connectivity index (χ2v) is 11.6. The molecule has 0 saturated carbocycles. The minimum atomic E-state index is -0.168. The van der Waals surface area contributed by atoms with Gasteiger partial charge in [-0.3, -0.25) is 9.59 Å². The number of aromatic nitrogens is 3. The fourth-order valence-electron chi connectivity index (χ4n) is 4.27. The average Bonchev–Trinajstić information content (AvgIpc) is 3.07. The van der Waals surface area contributed by atoms with E-state index >= 15 is 0 Å². The first-order valence-corrected chi connectivity index (χ1v) is 15.4. The smallest absolute Gasteiger partial charge is 0.331 e. The highest BCUT2D eigenvalue weighted by Crippen LogP contribution is 2.29. The van der Waals surface area contributed by atoms with Crippen LogP contribution in [0, 0.1) is 11.8 Å². The molecule has 2 N–H and O–H groups in total. The lowest BCUT2D eigenvalue weighted by Gasteiger charge is -2.11. The first kappa shape index (κ1) is 32.6. The Hall–Kier alpha value is -5.77. The molecule has 0 radical (unpaired) electrons. The second-order valence-electron chi connectivity index (χ2n) is 11.6.